The predicted molar refractivity (Wildman–Crippen MR) is 103 cm³/mol. The van der Waals surface area contributed by atoms with Gasteiger partial charge in [-0.25, -0.2) is 0 Å². The van der Waals surface area contributed by atoms with Crippen LogP contribution in [0, 0.1) is 6.92 Å². The third kappa shape index (κ3) is 5.72. The van der Waals surface area contributed by atoms with Gasteiger partial charge in [-0.05, 0) is 73.3 Å². The second-order valence-corrected chi connectivity index (χ2v) is 5.57. The van der Waals surface area contributed by atoms with Gasteiger partial charge >= 0.3 is 0 Å². The predicted octanol–water partition coefficient (Wildman–Crippen LogP) is 3.19. The first-order valence-corrected chi connectivity index (χ1v) is 7.73. The standard InChI is InChI=1S/C16H18N4OS2/c1-11-4-3-5-13(10-11)18-16(23)20-19-15(22)17-12-6-8-14(21-2)9-7-12/h3-10H,1-2H3,(H2,17,19,22)(H2,18,20,23). The summed E-state index contributed by atoms with van der Waals surface area (Å²) < 4.78 is 5.10. The summed E-state index contributed by atoms with van der Waals surface area (Å²) in [4.78, 5) is 0. The lowest BCUT2D eigenvalue weighted by Crippen LogP contribution is -2.45. The lowest BCUT2D eigenvalue weighted by molar-refractivity contribution is 0.415. The van der Waals surface area contributed by atoms with Crippen LogP contribution in [0.1, 0.15) is 5.56 Å². The molecule has 0 spiro atoms. The molecule has 0 aromatic heterocycles. The van der Waals surface area contributed by atoms with Crippen LogP contribution in [0.25, 0.3) is 0 Å². The summed E-state index contributed by atoms with van der Waals surface area (Å²) in [5.74, 6) is 0.788. The zero-order valence-corrected chi connectivity index (χ0v) is 14.5. The monoisotopic (exact) mass is 346 g/mol. The molecule has 7 heteroatoms. The third-order valence-electron chi connectivity index (χ3n) is 2.91. The van der Waals surface area contributed by atoms with Crippen molar-refractivity contribution in [3.8, 4) is 5.75 Å². The summed E-state index contributed by atoms with van der Waals surface area (Å²) in [6.07, 6.45) is 0. The van der Waals surface area contributed by atoms with Crippen molar-refractivity contribution in [3.63, 3.8) is 0 Å². The maximum atomic E-state index is 5.21. The zero-order chi connectivity index (χ0) is 16.7. The third-order valence-corrected chi connectivity index (χ3v) is 3.32. The van der Waals surface area contributed by atoms with Crippen LogP contribution in [0.2, 0.25) is 0 Å². The van der Waals surface area contributed by atoms with Gasteiger partial charge in [-0.2, -0.15) is 0 Å². The van der Waals surface area contributed by atoms with Crippen LogP contribution in [0.3, 0.4) is 0 Å². The number of methoxy groups -OCH3 is 1. The zero-order valence-electron chi connectivity index (χ0n) is 12.8. The molecular weight excluding hydrogens is 328 g/mol. The van der Waals surface area contributed by atoms with Crippen LogP contribution in [0.15, 0.2) is 48.5 Å². The van der Waals surface area contributed by atoms with E-state index < -0.39 is 0 Å². The molecule has 120 valence electrons. The molecule has 0 bridgehead atoms. The van der Waals surface area contributed by atoms with E-state index in [0.717, 1.165) is 22.7 Å². The average Bonchev–Trinajstić information content (AvgIpc) is 2.54. The van der Waals surface area contributed by atoms with Crippen LogP contribution in [-0.4, -0.2) is 17.3 Å². The Hall–Kier alpha value is -2.38. The van der Waals surface area contributed by atoms with E-state index in [4.69, 9.17) is 29.2 Å². The van der Waals surface area contributed by atoms with Crippen LogP contribution >= 0.6 is 24.4 Å². The smallest absolute Gasteiger partial charge is 0.189 e. The fraction of sp³-hybridized carbons (Fsp3) is 0.125. The average molecular weight is 346 g/mol. The summed E-state index contributed by atoms with van der Waals surface area (Å²) in [7, 11) is 1.63. The van der Waals surface area contributed by atoms with E-state index in [1.54, 1.807) is 7.11 Å². The van der Waals surface area contributed by atoms with Crippen molar-refractivity contribution in [3.05, 3.63) is 54.1 Å². The van der Waals surface area contributed by atoms with E-state index in [1.165, 1.54) is 0 Å². The molecule has 2 aromatic rings. The van der Waals surface area contributed by atoms with Gasteiger partial charge in [0.2, 0.25) is 0 Å². The molecule has 0 fully saturated rings. The number of nitrogens with one attached hydrogen (secondary N) is 4. The first kappa shape index (κ1) is 17.0. The molecule has 4 N–H and O–H groups in total. The maximum Gasteiger partial charge on any atom is 0.189 e. The molecule has 2 rings (SSSR count). The van der Waals surface area contributed by atoms with E-state index in [2.05, 4.69) is 21.5 Å². The number of hydrogen-bond acceptors (Lipinski definition) is 3. The minimum Gasteiger partial charge on any atom is -0.497 e. The minimum atomic E-state index is 0.406. The van der Waals surface area contributed by atoms with Crippen LogP contribution < -0.4 is 26.2 Å². The highest BCUT2D eigenvalue weighted by Crippen LogP contribution is 2.14. The normalized spacial score (nSPS) is 9.65. The minimum absolute atomic E-state index is 0.406. The molecule has 0 saturated heterocycles. The number of rotatable bonds is 3. The van der Waals surface area contributed by atoms with E-state index in [0.29, 0.717) is 10.2 Å². The number of anilines is 2. The first-order chi connectivity index (χ1) is 11.1. The number of hydrogen-bond donors (Lipinski definition) is 4. The molecule has 23 heavy (non-hydrogen) atoms. The van der Waals surface area contributed by atoms with Crippen LogP contribution in [0.4, 0.5) is 11.4 Å². The van der Waals surface area contributed by atoms with Crippen molar-refractivity contribution in [2.75, 3.05) is 17.7 Å². The fourth-order valence-electron chi connectivity index (χ4n) is 1.84. The second-order valence-electron chi connectivity index (χ2n) is 4.76. The van der Waals surface area contributed by atoms with Crippen molar-refractivity contribution in [2.24, 2.45) is 0 Å². The molecule has 0 unspecified atom stereocenters. The van der Waals surface area contributed by atoms with Gasteiger partial charge in [-0.1, -0.05) is 12.1 Å². The Labute approximate surface area is 146 Å². The van der Waals surface area contributed by atoms with Gasteiger partial charge < -0.3 is 15.4 Å². The quantitative estimate of drug-likeness (QED) is 0.503. The Balaban J connectivity index is 1.78. The fourth-order valence-corrected chi connectivity index (χ4v) is 2.17. The first-order valence-electron chi connectivity index (χ1n) is 6.91. The summed E-state index contributed by atoms with van der Waals surface area (Å²) in [5, 5.41) is 6.94. The Morgan fingerprint density at radius 3 is 2.04 bits per heavy atom. The molecule has 5 nitrogen and oxygen atoms in total. The van der Waals surface area contributed by atoms with Gasteiger partial charge in [0.1, 0.15) is 5.75 Å². The Bertz CT molecular complexity index is 689. The highest BCUT2D eigenvalue weighted by Gasteiger charge is 2.00. The number of benzene rings is 2. The molecule has 0 aliphatic rings. The Morgan fingerprint density at radius 1 is 0.870 bits per heavy atom. The number of ether oxygens (including phenoxy) is 1. The lowest BCUT2D eigenvalue weighted by Gasteiger charge is -2.14. The van der Waals surface area contributed by atoms with E-state index in [9.17, 15) is 0 Å². The van der Waals surface area contributed by atoms with Gasteiger partial charge in [0, 0.05) is 11.4 Å². The summed E-state index contributed by atoms with van der Waals surface area (Å²) in [5.41, 5.74) is 8.58. The highest BCUT2D eigenvalue weighted by atomic mass is 32.1. The van der Waals surface area contributed by atoms with E-state index >= 15 is 0 Å². The number of thiocarbonyl (C=S) groups is 2. The summed E-state index contributed by atoms with van der Waals surface area (Å²) >= 11 is 10.4. The van der Waals surface area contributed by atoms with Crippen molar-refractivity contribution in [2.45, 2.75) is 6.92 Å². The van der Waals surface area contributed by atoms with Crippen molar-refractivity contribution >= 4 is 46.0 Å². The van der Waals surface area contributed by atoms with E-state index in [-0.39, 0.29) is 0 Å². The molecule has 0 saturated carbocycles. The summed E-state index contributed by atoms with van der Waals surface area (Å²) in [6.45, 7) is 2.02. The van der Waals surface area contributed by atoms with Gasteiger partial charge in [0.05, 0.1) is 7.11 Å². The van der Waals surface area contributed by atoms with E-state index in [1.807, 2.05) is 55.5 Å². The van der Waals surface area contributed by atoms with Gasteiger partial charge in [0.25, 0.3) is 0 Å². The van der Waals surface area contributed by atoms with Crippen molar-refractivity contribution < 1.29 is 4.74 Å². The molecular formula is C16H18N4OS2. The largest absolute Gasteiger partial charge is 0.497 e. The lowest BCUT2D eigenvalue weighted by atomic mass is 10.2. The van der Waals surface area contributed by atoms with Crippen molar-refractivity contribution in [1.29, 1.82) is 0 Å². The molecule has 0 amide bonds. The van der Waals surface area contributed by atoms with Crippen LogP contribution in [0.5, 0.6) is 5.75 Å². The molecule has 0 heterocycles. The topological polar surface area (TPSA) is 57.4 Å². The Kier molecular flexibility index (Phi) is 6.13. The molecule has 0 atom stereocenters. The van der Waals surface area contributed by atoms with Crippen LogP contribution in [-0.2, 0) is 0 Å². The van der Waals surface area contributed by atoms with Gasteiger partial charge in [0.15, 0.2) is 10.2 Å². The number of aryl methyl sites for hydroxylation is 1. The molecule has 0 radical (unpaired) electrons. The molecule has 2 aromatic carbocycles. The van der Waals surface area contributed by atoms with Gasteiger partial charge in [-0.15, -0.1) is 0 Å². The number of hydrazine groups is 1. The highest BCUT2D eigenvalue weighted by molar-refractivity contribution is 7.81. The van der Waals surface area contributed by atoms with Crippen molar-refractivity contribution in [1.82, 2.24) is 10.9 Å². The Morgan fingerprint density at radius 2 is 1.48 bits per heavy atom. The maximum absolute atomic E-state index is 5.21. The second kappa shape index (κ2) is 8.30. The van der Waals surface area contributed by atoms with Gasteiger partial charge in [-0.3, -0.25) is 10.9 Å². The summed E-state index contributed by atoms with van der Waals surface area (Å²) in [6, 6.07) is 15.4. The molecule has 0 aliphatic carbocycles. The molecule has 0 aliphatic heterocycles. The SMILES string of the molecule is COc1ccc(NC(=S)NNC(=S)Nc2cccc(C)c2)cc1.